The Labute approximate surface area is 175 Å². The molecule has 0 aromatic heterocycles. The molecule has 0 saturated carbocycles. The average molecular weight is 499 g/mol. The Bertz CT molecular complexity index is 857. The van der Waals surface area contributed by atoms with Crippen LogP contribution in [0, 0.1) is 19.5 Å². The van der Waals surface area contributed by atoms with Crippen molar-refractivity contribution < 1.29 is 18.8 Å². The molecule has 1 unspecified atom stereocenters. The predicted molar refractivity (Wildman–Crippen MR) is 110 cm³/mol. The van der Waals surface area contributed by atoms with Gasteiger partial charge in [0.1, 0.15) is 5.82 Å². The molecule has 1 amide bonds. The Morgan fingerprint density at radius 2 is 1.93 bits per heavy atom. The highest BCUT2D eigenvalue weighted by atomic mass is 127. The van der Waals surface area contributed by atoms with Crippen LogP contribution in [-0.2, 0) is 4.74 Å². The number of rotatable bonds is 6. The van der Waals surface area contributed by atoms with E-state index in [1.54, 1.807) is 18.2 Å². The van der Waals surface area contributed by atoms with Crippen LogP contribution in [0.5, 0.6) is 0 Å². The molecule has 0 radical (unpaired) electrons. The van der Waals surface area contributed by atoms with Gasteiger partial charge in [-0.05, 0) is 46.4 Å². The zero-order valence-corrected chi connectivity index (χ0v) is 17.1. The van der Waals surface area contributed by atoms with Gasteiger partial charge in [0.2, 0.25) is 0 Å². The van der Waals surface area contributed by atoms with Crippen molar-refractivity contribution in [2.45, 2.75) is 6.04 Å². The molecule has 1 aliphatic heterocycles. The average Bonchev–Trinajstić information content (AvgIpc) is 2.70. The Kier molecular flexibility index (Phi) is 6.92. The highest BCUT2D eigenvalue weighted by Crippen LogP contribution is 2.23. The Morgan fingerprint density at radius 3 is 2.57 bits per heavy atom. The second-order valence-corrected chi connectivity index (χ2v) is 7.51. The summed E-state index contributed by atoms with van der Waals surface area (Å²) in [6, 6.07) is 10.3. The minimum atomic E-state index is -0.526. The van der Waals surface area contributed by atoms with Crippen LogP contribution in [0.25, 0.3) is 0 Å². The van der Waals surface area contributed by atoms with Crippen molar-refractivity contribution in [1.29, 1.82) is 0 Å². The number of nitrogens with one attached hydrogen (secondary N) is 1. The van der Waals surface area contributed by atoms with Gasteiger partial charge in [-0.25, -0.2) is 4.39 Å². The first kappa shape index (κ1) is 20.6. The molecule has 2 aromatic carbocycles. The van der Waals surface area contributed by atoms with Crippen LogP contribution in [0.1, 0.15) is 22.0 Å². The smallest absolute Gasteiger partial charge is 0.270 e. The van der Waals surface area contributed by atoms with Gasteiger partial charge in [0.05, 0.1) is 29.7 Å². The summed E-state index contributed by atoms with van der Waals surface area (Å²) in [5, 5.41) is 13.9. The minimum absolute atomic E-state index is 0.131. The summed E-state index contributed by atoms with van der Waals surface area (Å²) in [5.41, 5.74) is 1.01. The van der Waals surface area contributed by atoms with E-state index in [-0.39, 0.29) is 29.0 Å². The lowest BCUT2D eigenvalue weighted by Gasteiger charge is -2.35. The van der Waals surface area contributed by atoms with Crippen molar-refractivity contribution in [2.24, 2.45) is 0 Å². The molecule has 148 valence electrons. The first-order valence-electron chi connectivity index (χ1n) is 8.75. The lowest BCUT2D eigenvalue weighted by molar-refractivity contribution is -0.384. The minimum Gasteiger partial charge on any atom is -0.379 e. The lowest BCUT2D eigenvalue weighted by Crippen LogP contribution is -2.43. The summed E-state index contributed by atoms with van der Waals surface area (Å²) >= 11 is 1.98. The van der Waals surface area contributed by atoms with Gasteiger partial charge in [0.15, 0.2) is 0 Å². The summed E-state index contributed by atoms with van der Waals surface area (Å²) in [7, 11) is 0. The molecule has 3 rings (SSSR count). The first-order valence-corrected chi connectivity index (χ1v) is 9.83. The number of carbonyl (C=O) groups is 1. The maximum absolute atomic E-state index is 13.3. The molecule has 1 saturated heterocycles. The predicted octanol–water partition coefficient (Wildman–Crippen LogP) is 3.14. The first-order chi connectivity index (χ1) is 13.5. The highest BCUT2D eigenvalue weighted by Gasteiger charge is 2.24. The number of amides is 1. The van der Waals surface area contributed by atoms with E-state index in [0.29, 0.717) is 36.4 Å². The van der Waals surface area contributed by atoms with E-state index >= 15 is 0 Å². The van der Waals surface area contributed by atoms with Gasteiger partial charge in [0, 0.05) is 35.3 Å². The molecular weight excluding hydrogens is 480 g/mol. The lowest BCUT2D eigenvalue weighted by atomic mass is 10.0. The Balaban J connectivity index is 1.77. The second kappa shape index (κ2) is 9.39. The number of morpholine rings is 1. The monoisotopic (exact) mass is 499 g/mol. The topological polar surface area (TPSA) is 84.7 Å². The van der Waals surface area contributed by atoms with E-state index in [2.05, 4.69) is 10.2 Å². The number of halogens is 2. The third kappa shape index (κ3) is 5.03. The number of carbonyl (C=O) groups excluding carboxylic acids is 1. The summed E-state index contributed by atoms with van der Waals surface area (Å²) in [6.45, 7) is 2.88. The molecule has 1 heterocycles. The fourth-order valence-corrected chi connectivity index (χ4v) is 3.70. The summed E-state index contributed by atoms with van der Waals surface area (Å²) in [5.74, 6) is -0.701. The SMILES string of the molecule is O=C(NCC(c1ccc(F)cc1)N1CCOCC1)c1cc([N+](=O)[O-])ccc1I. The number of nitro groups is 1. The zero-order valence-electron chi connectivity index (χ0n) is 14.9. The number of hydrogen-bond acceptors (Lipinski definition) is 5. The maximum atomic E-state index is 13.3. The van der Waals surface area contributed by atoms with Gasteiger partial charge >= 0.3 is 0 Å². The van der Waals surface area contributed by atoms with Crippen molar-refractivity contribution >= 4 is 34.2 Å². The van der Waals surface area contributed by atoms with E-state index in [9.17, 15) is 19.3 Å². The van der Waals surface area contributed by atoms with Crippen molar-refractivity contribution in [3.8, 4) is 0 Å². The number of nitro benzene ring substituents is 1. The molecule has 0 bridgehead atoms. The quantitative estimate of drug-likeness (QED) is 0.375. The van der Waals surface area contributed by atoms with E-state index in [1.165, 1.54) is 24.3 Å². The largest absolute Gasteiger partial charge is 0.379 e. The van der Waals surface area contributed by atoms with Gasteiger partial charge < -0.3 is 10.1 Å². The highest BCUT2D eigenvalue weighted by molar-refractivity contribution is 14.1. The van der Waals surface area contributed by atoms with Crippen molar-refractivity contribution in [3.63, 3.8) is 0 Å². The molecule has 9 heteroatoms. The van der Waals surface area contributed by atoms with Crippen molar-refractivity contribution in [2.75, 3.05) is 32.8 Å². The van der Waals surface area contributed by atoms with Crippen molar-refractivity contribution in [1.82, 2.24) is 10.2 Å². The third-order valence-electron chi connectivity index (χ3n) is 4.60. The Hall–Kier alpha value is -2.11. The molecule has 0 aliphatic carbocycles. The zero-order chi connectivity index (χ0) is 20.1. The fourth-order valence-electron chi connectivity index (χ4n) is 3.12. The molecular formula is C19H19FIN3O4. The van der Waals surface area contributed by atoms with E-state index < -0.39 is 4.92 Å². The molecule has 2 aromatic rings. The Morgan fingerprint density at radius 1 is 1.25 bits per heavy atom. The van der Waals surface area contributed by atoms with Crippen LogP contribution in [0.15, 0.2) is 42.5 Å². The molecule has 7 nitrogen and oxygen atoms in total. The van der Waals surface area contributed by atoms with E-state index in [0.717, 1.165) is 5.56 Å². The molecule has 1 fully saturated rings. The van der Waals surface area contributed by atoms with Gasteiger partial charge in [0.25, 0.3) is 11.6 Å². The van der Waals surface area contributed by atoms with Gasteiger partial charge in [-0.2, -0.15) is 0 Å². The number of ether oxygens (including phenoxy) is 1. The van der Waals surface area contributed by atoms with Crippen molar-refractivity contribution in [3.05, 3.63) is 73.1 Å². The normalized spacial score (nSPS) is 15.8. The molecule has 28 heavy (non-hydrogen) atoms. The van der Waals surface area contributed by atoms with Gasteiger partial charge in [-0.15, -0.1) is 0 Å². The number of nitrogens with zero attached hydrogens (tertiary/aromatic N) is 2. The van der Waals surface area contributed by atoms with Crippen LogP contribution in [0.2, 0.25) is 0 Å². The number of hydrogen-bond donors (Lipinski definition) is 1. The van der Waals surface area contributed by atoms with Gasteiger partial charge in [-0.3, -0.25) is 19.8 Å². The number of non-ortho nitro benzene ring substituents is 1. The second-order valence-electron chi connectivity index (χ2n) is 6.35. The van der Waals surface area contributed by atoms with Crippen LogP contribution in [-0.4, -0.2) is 48.6 Å². The summed E-state index contributed by atoms with van der Waals surface area (Å²) in [6.07, 6.45) is 0. The summed E-state index contributed by atoms with van der Waals surface area (Å²) < 4.78 is 19.3. The van der Waals surface area contributed by atoms with Crippen LogP contribution in [0.4, 0.5) is 10.1 Å². The standard InChI is InChI=1S/C19H19FIN3O4/c20-14-3-1-13(2-4-14)18(23-7-9-28-10-8-23)12-22-19(25)16-11-15(24(26)27)5-6-17(16)21/h1-6,11,18H,7-10,12H2,(H,22,25). The van der Waals surface area contributed by atoms with E-state index in [1.807, 2.05) is 22.6 Å². The van der Waals surface area contributed by atoms with Crippen LogP contribution < -0.4 is 5.32 Å². The maximum Gasteiger partial charge on any atom is 0.270 e. The fraction of sp³-hybridized carbons (Fsp3) is 0.316. The van der Waals surface area contributed by atoms with Crippen LogP contribution >= 0.6 is 22.6 Å². The third-order valence-corrected chi connectivity index (χ3v) is 5.54. The molecule has 1 aliphatic rings. The summed E-state index contributed by atoms with van der Waals surface area (Å²) in [4.78, 5) is 25.3. The molecule has 1 N–H and O–H groups in total. The van der Waals surface area contributed by atoms with Crippen LogP contribution in [0.3, 0.4) is 0 Å². The number of benzene rings is 2. The molecule has 0 spiro atoms. The molecule has 1 atom stereocenters. The van der Waals surface area contributed by atoms with E-state index in [4.69, 9.17) is 4.74 Å². The van der Waals surface area contributed by atoms with Gasteiger partial charge in [-0.1, -0.05) is 12.1 Å².